The molecule has 2 aliphatic rings. The number of likely N-dealkylation sites (N-methyl/N-ethyl adjacent to an activating group) is 1. The monoisotopic (exact) mass is 198 g/mol. The number of ether oxygens (including phenoxy) is 1. The molecular weight excluding hydrogens is 184 g/mol. The van der Waals surface area contributed by atoms with Crippen LogP contribution in [-0.4, -0.2) is 48.6 Å². The van der Waals surface area contributed by atoms with Gasteiger partial charge in [-0.25, -0.2) is 0 Å². The topological polar surface area (TPSA) is 58.6 Å². The molecule has 2 aliphatic heterocycles. The number of carbonyl (C=O) groups is 2. The van der Waals surface area contributed by atoms with Crippen LogP contribution in [0.5, 0.6) is 0 Å². The Hall–Kier alpha value is -1.10. The maximum atomic E-state index is 12.0. The van der Waals surface area contributed by atoms with Gasteiger partial charge in [0.1, 0.15) is 5.54 Å². The van der Waals surface area contributed by atoms with Crippen molar-refractivity contribution in [3.05, 3.63) is 0 Å². The molecule has 0 aliphatic carbocycles. The number of nitrogens with one attached hydrogen (secondary N) is 1. The minimum atomic E-state index is -0.759. The first kappa shape index (κ1) is 9.45. The average Bonchev–Trinajstić information content (AvgIpc) is 2.61. The second-order valence-corrected chi connectivity index (χ2v) is 3.75. The van der Waals surface area contributed by atoms with Crippen LogP contribution in [0.2, 0.25) is 0 Å². The van der Waals surface area contributed by atoms with Gasteiger partial charge < -0.3 is 15.0 Å². The summed E-state index contributed by atoms with van der Waals surface area (Å²) in [6.45, 7) is 3.49. The van der Waals surface area contributed by atoms with Gasteiger partial charge in [0.2, 0.25) is 5.91 Å². The summed E-state index contributed by atoms with van der Waals surface area (Å²) >= 11 is 0. The van der Waals surface area contributed by atoms with Crippen LogP contribution in [-0.2, 0) is 14.3 Å². The third kappa shape index (κ3) is 1.28. The smallest absolute Gasteiger partial charge is 0.251 e. The number of carbonyl (C=O) groups excluding carboxylic acids is 2. The molecule has 5 nitrogen and oxygen atoms in total. The molecule has 0 aromatic heterocycles. The molecule has 0 aromatic rings. The van der Waals surface area contributed by atoms with E-state index >= 15 is 0 Å². The first-order chi connectivity index (χ1) is 6.68. The molecule has 2 amide bonds. The standard InChI is InChI=1S/C9H14N2O3/c1-2-11-5-7(12)10-9(8(11)13)3-4-14-6-9/h2-6H2,1H3,(H,10,12)/t9-/m1/s1. The highest BCUT2D eigenvalue weighted by Crippen LogP contribution is 2.24. The van der Waals surface area contributed by atoms with Gasteiger partial charge in [-0.15, -0.1) is 0 Å². The van der Waals surface area contributed by atoms with Crippen molar-refractivity contribution in [3.63, 3.8) is 0 Å². The summed E-state index contributed by atoms with van der Waals surface area (Å²) in [5.74, 6) is -0.0888. The van der Waals surface area contributed by atoms with E-state index in [0.29, 0.717) is 26.2 Å². The zero-order valence-corrected chi connectivity index (χ0v) is 8.21. The highest BCUT2D eigenvalue weighted by atomic mass is 16.5. The number of piperazine rings is 1. The van der Waals surface area contributed by atoms with E-state index in [0.717, 1.165) is 0 Å². The Morgan fingerprint density at radius 1 is 1.57 bits per heavy atom. The Balaban J connectivity index is 2.23. The van der Waals surface area contributed by atoms with E-state index in [9.17, 15) is 9.59 Å². The molecule has 2 saturated heterocycles. The summed E-state index contributed by atoms with van der Waals surface area (Å²) in [5.41, 5.74) is -0.759. The Morgan fingerprint density at radius 3 is 2.93 bits per heavy atom. The molecule has 14 heavy (non-hydrogen) atoms. The third-order valence-electron chi connectivity index (χ3n) is 2.81. The van der Waals surface area contributed by atoms with E-state index in [1.165, 1.54) is 0 Å². The minimum absolute atomic E-state index is 0.00269. The number of nitrogens with zero attached hydrogens (tertiary/aromatic N) is 1. The Bertz CT molecular complexity index is 271. The molecule has 1 atom stereocenters. The van der Waals surface area contributed by atoms with Gasteiger partial charge in [0, 0.05) is 19.6 Å². The Kier molecular flexibility index (Phi) is 2.19. The summed E-state index contributed by atoms with van der Waals surface area (Å²) in [5, 5.41) is 2.75. The molecule has 0 unspecified atom stereocenters. The fraction of sp³-hybridized carbons (Fsp3) is 0.778. The normalized spacial score (nSPS) is 32.5. The number of hydrogen-bond donors (Lipinski definition) is 1. The van der Waals surface area contributed by atoms with Gasteiger partial charge in [-0.3, -0.25) is 9.59 Å². The van der Waals surface area contributed by atoms with Crippen LogP contribution in [0.4, 0.5) is 0 Å². The van der Waals surface area contributed by atoms with Crippen LogP contribution in [0.3, 0.4) is 0 Å². The minimum Gasteiger partial charge on any atom is -0.378 e. The molecule has 5 heteroatoms. The van der Waals surface area contributed by atoms with E-state index in [2.05, 4.69) is 5.32 Å². The Labute approximate surface area is 82.4 Å². The van der Waals surface area contributed by atoms with Gasteiger partial charge in [-0.2, -0.15) is 0 Å². The first-order valence-corrected chi connectivity index (χ1v) is 4.86. The molecule has 0 radical (unpaired) electrons. The van der Waals surface area contributed by atoms with Gasteiger partial charge in [-0.1, -0.05) is 0 Å². The van der Waals surface area contributed by atoms with E-state index < -0.39 is 5.54 Å². The Morgan fingerprint density at radius 2 is 2.36 bits per heavy atom. The van der Waals surface area contributed by atoms with Crippen LogP contribution < -0.4 is 5.32 Å². The molecule has 0 aromatic carbocycles. The van der Waals surface area contributed by atoms with Crippen LogP contribution in [0, 0.1) is 0 Å². The maximum Gasteiger partial charge on any atom is 0.251 e. The van der Waals surface area contributed by atoms with Crippen LogP contribution in [0.1, 0.15) is 13.3 Å². The van der Waals surface area contributed by atoms with E-state index in [1.807, 2.05) is 6.92 Å². The van der Waals surface area contributed by atoms with Gasteiger partial charge >= 0.3 is 0 Å². The average molecular weight is 198 g/mol. The molecule has 2 heterocycles. The van der Waals surface area contributed by atoms with Crippen LogP contribution >= 0.6 is 0 Å². The molecule has 78 valence electrons. The molecule has 2 rings (SSSR count). The van der Waals surface area contributed by atoms with Crippen molar-refractivity contribution < 1.29 is 14.3 Å². The van der Waals surface area contributed by atoms with Crippen LogP contribution in [0.25, 0.3) is 0 Å². The van der Waals surface area contributed by atoms with Gasteiger partial charge in [0.05, 0.1) is 13.2 Å². The van der Waals surface area contributed by atoms with E-state index in [-0.39, 0.29) is 18.4 Å². The lowest BCUT2D eigenvalue weighted by Crippen LogP contribution is -2.67. The van der Waals surface area contributed by atoms with E-state index in [4.69, 9.17) is 4.74 Å². The van der Waals surface area contributed by atoms with Crippen molar-refractivity contribution in [1.29, 1.82) is 0 Å². The van der Waals surface area contributed by atoms with E-state index in [1.54, 1.807) is 4.90 Å². The van der Waals surface area contributed by atoms with Gasteiger partial charge in [-0.05, 0) is 6.92 Å². The zero-order chi connectivity index (χ0) is 10.2. The summed E-state index contributed by atoms with van der Waals surface area (Å²) in [7, 11) is 0. The lowest BCUT2D eigenvalue weighted by molar-refractivity contribution is -0.149. The zero-order valence-electron chi connectivity index (χ0n) is 8.21. The lowest BCUT2D eigenvalue weighted by Gasteiger charge is -2.38. The van der Waals surface area contributed by atoms with Crippen molar-refractivity contribution in [2.24, 2.45) is 0 Å². The molecular formula is C9H14N2O3. The molecule has 0 bridgehead atoms. The summed E-state index contributed by atoms with van der Waals surface area (Å²) in [6.07, 6.45) is 0.591. The molecule has 1 N–H and O–H groups in total. The summed E-state index contributed by atoms with van der Waals surface area (Å²) in [6, 6.07) is 0. The maximum absolute atomic E-state index is 12.0. The lowest BCUT2D eigenvalue weighted by atomic mass is 9.94. The predicted octanol–water partition coefficient (Wildman–Crippen LogP) is -0.876. The number of hydrogen-bond acceptors (Lipinski definition) is 3. The van der Waals surface area contributed by atoms with Crippen LogP contribution in [0.15, 0.2) is 0 Å². The molecule has 2 fully saturated rings. The van der Waals surface area contributed by atoms with Crippen molar-refractivity contribution >= 4 is 11.8 Å². The predicted molar refractivity (Wildman–Crippen MR) is 48.6 cm³/mol. The van der Waals surface area contributed by atoms with Gasteiger partial charge in [0.15, 0.2) is 0 Å². The van der Waals surface area contributed by atoms with Crippen molar-refractivity contribution in [1.82, 2.24) is 10.2 Å². The third-order valence-corrected chi connectivity index (χ3v) is 2.81. The van der Waals surface area contributed by atoms with Gasteiger partial charge in [0.25, 0.3) is 5.91 Å². The largest absolute Gasteiger partial charge is 0.378 e. The fourth-order valence-corrected chi connectivity index (χ4v) is 2.00. The number of amides is 2. The fourth-order valence-electron chi connectivity index (χ4n) is 2.00. The van der Waals surface area contributed by atoms with Crippen molar-refractivity contribution in [2.45, 2.75) is 18.9 Å². The first-order valence-electron chi connectivity index (χ1n) is 4.86. The molecule has 1 spiro atoms. The second-order valence-electron chi connectivity index (χ2n) is 3.75. The van der Waals surface area contributed by atoms with Crippen molar-refractivity contribution in [3.8, 4) is 0 Å². The van der Waals surface area contributed by atoms with Crippen molar-refractivity contribution in [2.75, 3.05) is 26.3 Å². The SMILES string of the molecule is CCN1CC(=O)N[C@@]2(CCOC2)C1=O. The number of rotatable bonds is 1. The molecule has 0 saturated carbocycles. The summed E-state index contributed by atoms with van der Waals surface area (Å²) in [4.78, 5) is 24.9. The summed E-state index contributed by atoms with van der Waals surface area (Å²) < 4.78 is 5.19. The quantitative estimate of drug-likeness (QED) is 0.595. The second kappa shape index (κ2) is 3.24. The highest BCUT2D eigenvalue weighted by Gasteiger charge is 2.48. The highest BCUT2D eigenvalue weighted by molar-refractivity contribution is 5.98.